The molecule has 0 fully saturated rings. The topological polar surface area (TPSA) is 29.9 Å². The number of nitrogens with one attached hydrogen (secondary N) is 1. The zero-order chi connectivity index (χ0) is 13.5. The first kappa shape index (κ1) is 14.2. The van der Waals surface area contributed by atoms with Crippen LogP contribution >= 0.6 is 11.8 Å². The molecular formula is C15H21N3S. The van der Waals surface area contributed by atoms with E-state index in [4.69, 9.17) is 0 Å². The lowest BCUT2D eigenvalue weighted by molar-refractivity contribution is 0.584. The highest BCUT2D eigenvalue weighted by Crippen LogP contribution is 2.07. The molecule has 0 aliphatic carbocycles. The first-order chi connectivity index (χ1) is 9.29. The van der Waals surface area contributed by atoms with Crippen molar-refractivity contribution in [2.24, 2.45) is 0 Å². The number of hydrogen-bond acceptors (Lipinski definition) is 3. The van der Waals surface area contributed by atoms with E-state index in [0.29, 0.717) is 6.04 Å². The molecule has 4 heteroatoms. The summed E-state index contributed by atoms with van der Waals surface area (Å²) in [5.74, 6) is 2.32. The Labute approximate surface area is 119 Å². The Morgan fingerprint density at radius 1 is 1.26 bits per heavy atom. The van der Waals surface area contributed by atoms with Crippen LogP contribution in [0.2, 0.25) is 0 Å². The van der Waals surface area contributed by atoms with Crippen molar-refractivity contribution in [2.45, 2.75) is 26.4 Å². The number of thioether (sulfide) groups is 1. The van der Waals surface area contributed by atoms with Gasteiger partial charge in [0.25, 0.3) is 0 Å². The van der Waals surface area contributed by atoms with Gasteiger partial charge < -0.3 is 5.32 Å². The second kappa shape index (κ2) is 7.36. The number of aromatic nitrogens is 2. The molecule has 102 valence electrons. The highest BCUT2D eigenvalue weighted by Gasteiger charge is 2.04. The summed E-state index contributed by atoms with van der Waals surface area (Å²) in [6.07, 6.45) is 2.01. The van der Waals surface area contributed by atoms with Gasteiger partial charge in [0.15, 0.2) is 0 Å². The minimum absolute atomic E-state index is 0.520. The maximum atomic E-state index is 4.58. The molecule has 0 aliphatic rings. The molecule has 1 heterocycles. The number of hydrogen-bond donors (Lipinski definition) is 1. The van der Waals surface area contributed by atoms with Crippen molar-refractivity contribution < 1.29 is 0 Å². The quantitative estimate of drug-likeness (QED) is 0.842. The Bertz CT molecular complexity index is 481. The first-order valence-electron chi connectivity index (χ1n) is 6.70. The molecule has 1 unspecified atom stereocenters. The van der Waals surface area contributed by atoms with Crippen LogP contribution in [-0.4, -0.2) is 27.3 Å². The second-order valence-electron chi connectivity index (χ2n) is 4.53. The minimum atomic E-state index is 0.520. The molecule has 0 amide bonds. The third-order valence-corrected chi connectivity index (χ3v) is 4.01. The predicted octanol–water partition coefficient (Wildman–Crippen LogP) is 3.10. The van der Waals surface area contributed by atoms with Gasteiger partial charge in [-0.05, 0) is 30.9 Å². The molecule has 0 bridgehead atoms. The fourth-order valence-corrected chi connectivity index (χ4v) is 2.52. The van der Waals surface area contributed by atoms with Gasteiger partial charge in [0.05, 0.1) is 11.4 Å². The van der Waals surface area contributed by atoms with Gasteiger partial charge in [0.1, 0.15) is 0 Å². The van der Waals surface area contributed by atoms with Gasteiger partial charge >= 0.3 is 0 Å². The summed E-state index contributed by atoms with van der Waals surface area (Å²) < 4.78 is 1.92. The van der Waals surface area contributed by atoms with Gasteiger partial charge in [-0.15, -0.1) is 0 Å². The Morgan fingerprint density at radius 2 is 2.05 bits per heavy atom. The van der Waals surface area contributed by atoms with Gasteiger partial charge in [-0.3, -0.25) is 0 Å². The molecule has 1 aromatic heterocycles. The average Bonchev–Trinajstić information content (AvgIpc) is 2.93. The van der Waals surface area contributed by atoms with E-state index in [2.05, 4.69) is 42.5 Å². The minimum Gasteiger partial charge on any atom is -0.308 e. The van der Waals surface area contributed by atoms with E-state index >= 15 is 0 Å². The van der Waals surface area contributed by atoms with Crippen molar-refractivity contribution in [3.8, 4) is 5.69 Å². The van der Waals surface area contributed by atoms with E-state index in [1.165, 1.54) is 5.75 Å². The van der Waals surface area contributed by atoms with Crippen LogP contribution in [0.1, 0.15) is 19.5 Å². The molecular weight excluding hydrogens is 254 g/mol. The maximum Gasteiger partial charge on any atom is 0.0766 e. The maximum absolute atomic E-state index is 4.58. The largest absolute Gasteiger partial charge is 0.308 e. The molecule has 1 atom stereocenters. The molecule has 3 nitrogen and oxygen atoms in total. The number of benzene rings is 1. The van der Waals surface area contributed by atoms with Crippen molar-refractivity contribution in [3.05, 3.63) is 48.3 Å². The fourth-order valence-electron chi connectivity index (χ4n) is 1.81. The molecule has 0 aliphatic heterocycles. The lowest BCUT2D eigenvalue weighted by Gasteiger charge is -2.11. The number of rotatable bonds is 7. The van der Waals surface area contributed by atoms with Crippen LogP contribution in [0.5, 0.6) is 0 Å². The molecule has 0 saturated carbocycles. The first-order valence-corrected chi connectivity index (χ1v) is 7.86. The van der Waals surface area contributed by atoms with Crippen LogP contribution in [0.3, 0.4) is 0 Å². The lowest BCUT2D eigenvalue weighted by atomic mass is 10.3. The van der Waals surface area contributed by atoms with Crippen molar-refractivity contribution in [1.29, 1.82) is 0 Å². The molecule has 1 aromatic carbocycles. The Balaban J connectivity index is 1.88. The van der Waals surface area contributed by atoms with Crippen LogP contribution in [0.25, 0.3) is 5.69 Å². The van der Waals surface area contributed by atoms with Crippen molar-refractivity contribution >= 4 is 11.8 Å². The Kier molecular flexibility index (Phi) is 5.48. The molecule has 19 heavy (non-hydrogen) atoms. The molecule has 2 rings (SSSR count). The SMILES string of the molecule is CCSCC(C)NCc1ccn(-c2ccccc2)n1. The lowest BCUT2D eigenvalue weighted by Crippen LogP contribution is -2.27. The van der Waals surface area contributed by atoms with E-state index in [0.717, 1.165) is 23.7 Å². The van der Waals surface area contributed by atoms with Gasteiger partial charge in [-0.2, -0.15) is 16.9 Å². The smallest absolute Gasteiger partial charge is 0.0766 e. The van der Waals surface area contributed by atoms with Crippen LogP contribution in [0, 0.1) is 0 Å². The molecule has 0 radical (unpaired) electrons. The van der Waals surface area contributed by atoms with Gasteiger partial charge in [0, 0.05) is 24.5 Å². The van der Waals surface area contributed by atoms with E-state index in [1.807, 2.05) is 40.8 Å². The summed E-state index contributed by atoms with van der Waals surface area (Å²) in [7, 11) is 0. The highest BCUT2D eigenvalue weighted by atomic mass is 32.2. The zero-order valence-corrected chi connectivity index (χ0v) is 12.4. The fraction of sp³-hybridized carbons (Fsp3) is 0.400. The zero-order valence-electron chi connectivity index (χ0n) is 11.5. The summed E-state index contributed by atoms with van der Waals surface area (Å²) in [6.45, 7) is 5.24. The molecule has 0 saturated heterocycles. The summed E-state index contributed by atoms with van der Waals surface area (Å²) in [5.41, 5.74) is 2.18. The third-order valence-electron chi connectivity index (χ3n) is 2.87. The standard InChI is InChI=1S/C15H21N3S/c1-3-19-12-13(2)16-11-14-9-10-18(17-14)15-7-5-4-6-8-15/h4-10,13,16H,3,11-12H2,1-2H3. The van der Waals surface area contributed by atoms with Crippen LogP contribution < -0.4 is 5.32 Å². The summed E-state index contributed by atoms with van der Waals surface area (Å²) in [5, 5.41) is 8.08. The van der Waals surface area contributed by atoms with Crippen molar-refractivity contribution in [2.75, 3.05) is 11.5 Å². The average molecular weight is 275 g/mol. The predicted molar refractivity (Wildman–Crippen MR) is 82.9 cm³/mol. The van der Waals surface area contributed by atoms with Crippen LogP contribution in [-0.2, 0) is 6.54 Å². The number of para-hydroxylation sites is 1. The Hall–Kier alpha value is -1.26. The summed E-state index contributed by atoms with van der Waals surface area (Å²) >= 11 is 1.97. The summed E-state index contributed by atoms with van der Waals surface area (Å²) in [4.78, 5) is 0. The van der Waals surface area contributed by atoms with E-state index in [-0.39, 0.29) is 0 Å². The van der Waals surface area contributed by atoms with Crippen molar-refractivity contribution in [1.82, 2.24) is 15.1 Å². The third kappa shape index (κ3) is 4.40. The normalized spacial score (nSPS) is 12.5. The highest BCUT2D eigenvalue weighted by molar-refractivity contribution is 7.99. The summed E-state index contributed by atoms with van der Waals surface area (Å²) in [6, 6.07) is 12.8. The van der Waals surface area contributed by atoms with Gasteiger partial charge in [0.2, 0.25) is 0 Å². The second-order valence-corrected chi connectivity index (χ2v) is 5.85. The molecule has 1 N–H and O–H groups in total. The molecule has 0 spiro atoms. The Morgan fingerprint density at radius 3 is 2.79 bits per heavy atom. The van der Waals surface area contributed by atoms with Crippen LogP contribution in [0.15, 0.2) is 42.6 Å². The van der Waals surface area contributed by atoms with E-state index in [9.17, 15) is 0 Å². The van der Waals surface area contributed by atoms with Crippen molar-refractivity contribution in [3.63, 3.8) is 0 Å². The van der Waals surface area contributed by atoms with Gasteiger partial charge in [-0.1, -0.05) is 25.1 Å². The van der Waals surface area contributed by atoms with Crippen LogP contribution in [0.4, 0.5) is 0 Å². The number of nitrogens with zero attached hydrogens (tertiary/aromatic N) is 2. The van der Waals surface area contributed by atoms with Gasteiger partial charge in [-0.25, -0.2) is 4.68 Å². The van der Waals surface area contributed by atoms with E-state index < -0.39 is 0 Å². The monoisotopic (exact) mass is 275 g/mol. The molecule has 2 aromatic rings. The van der Waals surface area contributed by atoms with E-state index in [1.54, 1.807) is 0 Å².